The van der Waals surface area contributed by atoms with Crippen LogP contribution in [0.3, 0.4) is 0 Å². The first-order valence-corrected chi connectivity index (χ1v) is 19.6. The highest BCUT2D eigenvalue weighted by Crippen LogP contribution is 2.44. The van der Waals surface area contributed by atoms with Crippen molar-refractivity contribution in [2.45, 2.75) is 192 Å². The van der Waals surface area contributed by atoms with E-state index in [9.17, 15) is 24.9 Å². The van der Waals surface area contributed by atoms with Crippen molar-refractivity contribution in [3.63, 3.8) is 0 Å². The van der Waals surface area contributed by atoms with Crippen LogP contribution in [-0.2, 0) is 47.5 Å². The van der Waals surface area contributed by atoms with Crippen LogP contribution in [-0.4, -0.2) is 150 Å². The van der Waals surface area contributed by atoms with Crippen LogP contribution in [0.1, 0.15) is 102 Å². The molecular formula is C39H68N2O13. The predicted octanol–water partition coefficient (Wildman–Crippen LogP) is 2.98. The number of ether oxygens (including phenoxy) is 8. The molecule has 4 aliphatic heterocycles. The number of methoxy groups -OCH3 is 1. The van der Waals surface area contributed by atoms with Gasteiger partial charge < -0.3 is 58.1 Å². The first-order chi connectivity index (χ1) is 25.0. The Hall–Kier alpha value is -1.95. The average molecular weight is 773 g/mol. The molecule has 0 aliphatic carbocycles. The molecule has 0 spiro atoms. The molecule has 3 saturated heterocycles. The smallest absolute Gasteiger partial charge is 0.311 e. The Kier molecular flexibility index (Phi) is 14.3. The number of aliphatic hydroxyl groups excluding tert-OH is 2. The van der Waals surface area contributed by atoms with Crippen LogP contribution in [0, 0.1) is 17.8 Å². The van der Waals surface area contributed by atoms with E-state index in [0.717, 1.165) is 0 Å². The molecule has 0 aromatic heterocycles. The number of hydrogen-bond acceptors (Lipinski definition) is 15. The molecule has 0 aromatic carbocycles. The van der Waals surface area contributed by atoms with Crippen molar-refractivity contribution in [3.8, 4) is 0 Å². The molecule has 3 N–H and O–H groups in total. The van der Waals surface area contributed by atoms with Gasteiger partial charge in [0, 0.05) is 38.7 Å². The number of hydrogen-bond donors (Lipinski definition) is 3. The molecule has 0 unspecified atom stereocenters. The molecule has 312 valence electrons. The molecule has 54 heavy (non-hydrogen) atoms. The van der Waals surface area contributed by atoms with Crippen molar-refractivity contribution in [1.82, 2.24) is 4.90 Å². The van der Waals surface area contributed by atoms with E-state index in [1.165, 1.54) is 21.0 Å². The van der Waals surface area contributed by atoms with Crippen LogP contribution in [0.4, 0.5) is 0 Å². The second kappa shape index (κ2) is 17.3. The molecule has 2 bridgehead atoms. The van der Waals surface area contributed by atoms with Gasteiger partial charge in [-0.3, -0.25) is 9.59 Å². The van der Waals surface area contributed by atoms with Crippen LogP contribution in [0.5, 0.6) is 0 Å². The van der Waals surface area contributed by atoms with Gasteiger partial charge in [-0.25, -0.2) is 4.99 Å². The highest BCUT2D eigenvalue weighted by Gasteiger charge is 2.56. The van der Waals surface area contributed by atoms with E-state index in [-0.39, 0.29) is 30.9 Å². The van der Waals surface area contributed by atoms with Crippen LogP contribution < -0.4 is 0 Å². The molecule has 4 aliphatic rings. The van der Waals surface area contributed by atoms with Gasteiger partial charge in [0.1, 0.15) is 35.6 Å². The maximum absolute atomic E-state index is 14.3. The monoisotopic (exact) mass is 772 g/mol. The van der Waals surface area contributed by atoms with Gasteiger partial charge in [-0.05, 0) is 75.4 Å². The lowest BCUT2D eigenvalue weighted by molar-refractivity contribution is -0.316. The Morgan fingerprint density at radius 3 is 2.20 bits per heavy atom. The highest BCUT2D eigenvalue weighted by atomic mass is 16.7. The SMILES string of the molecule is CC[C@H]1OC(=O)[C@H](C)[C@@H](O[C@H]2C[C@@](C)(OC)[C@@H](O)[C@H](C)O2)[C@H](C)[C@@H](O[C@@H]2O[C@H](C)C[C@H](N(C)C)[C@H]2OC(C)=O)[C@@]2(C)C[C@@H](C)C(=N[C@H](C)[C@@H](O)[C@@]1(C)O)O2. The summed E-state index contributed by atoms with van der Waals surface area (Å²) in [5.74, 6) is -2.65. The van der Waals surface area contributed by atoms with E-state index in [1.807, 2.05) is 46.7 Å². The fourth-order valence-electron chi connectivity index (χ4n) is 8.92. The van der Waals surface area contributed by atoms with Gasteiger partial charge in [-0.15, -0.1) is 0 Å². The summed E-state index contributed by atoms with van der Waals surface area (Å²) in [5, 5.41) is 34.1. The molecule has 0 radical (unpaired) electrons. The van der Waals surface area contributed by atoms with Gasteiger partial charge in [-0.2, -0.15) is 0 Å². The second-order valence-electron chi connectivity index (χ2n) is 17.1. The zero-order valence-electron chi connectivity index (χ0n) is 34.8. The van der Waals surface area contributed by atoms with Crippen molar-refractivity contribution in [2.24, 2.45) is 22.7 Å². The third-order valence-electron chi connectivity index (χ3n) is 12.2. The number of carbonyl (C=O) groups is 2. The summed E-state index contributed by atoms with van der Waals surface area (Å²) in [6.45, 7) is 19.1. The van der Waals surface area contributed by atoms with E-state index >= 15 is 0 Å². The summed E-state index contributed by atoms with van der Waals surface area (Å²) < 4.78 is 50.9. The maximum Gasteiger partial charge on any atom is 0.311 e. The van der Waals surface area contributed by atoms with E-state index in [2.05, 4.69) is 0 Å². The van der Waals surface area contributed by atoms with Gasteiger partial charge in [-0.1, -0.05) is 20.8 Å². The minimum absolute atomic E-state index is 0.145. The van der Waals surface area contributed by atoms with Crippen molar-refractivity contribution in [2.75, 3.05) is 21.2 Å². The first kappa shape index (κ1) is 44.8. The first-order valence-electron chi connectivity index (χ1n) is 19.6. The summed E-state index contributed by atoms with van der Waals surface area (Å²) in [7, 11) is 5.34. The normalized spacial score (nSPS) is 48.0. The summed E-state index contributed by atoms with van der Waals surface area (Å²) in [5.41, 5.74) is -3.99. The molecule has 15 heteroatoms. The number of cyclic esters (lactones) is 1. The number of carbonyl (C=O) groups excluding carboxylic acids is 2. The molecule has 4 rings (SSSR count). The Labute approximate surface area is 321 Å². The lowest BCUT2D eigenvalue weighted by Crippen LogP contribution is -2.61. The molecule has 18 atom stereocenters. The minimum Gasteiger partial charge on any atom is -0.472 e. The standard InChI is InChI=1S/C39H68N2O13/c1-15-27-39(11,46)31(43)23(6)40-34-19(2)17-38(10,54-34)33(53-36-30(50-25(8)42)26(41(12)13)16-20(3)48-36)21(4)29(22(5)35(45)51-27)52-28-18-37(9,47-14)32(44)24(7)49-28/h19-24,26-33,36,43-44,46H,15-18H2,1-14H3/t19-,20-,21+,22-,23-,24+,26+,27-,28+,29+,30-,31-,32+,33-,36+,37-,38-,39+/m1/s1. The van der Waals surface area contributed by atoms with Gasteiger partial charge in [0.15, 0.2) is 24.6 Å². The second-order valence-corrected chi connectivity index (χ2v) is 17.1. The van der Waals surface area contributed by atoms with E-state index in [0.29, 0.717) is 18.7 Å². The minimum atomic E-state index is -1.86. The molecule has 0 amide bonds. The third kappa shape index (κ3) is 9.26. The van der Waals surface area contributed by atoms with E-state index in [1.54, 1.807) is 34.6 Å². The van der Waals surface area contributed by atoms with Crippen LogP contribution in [0.25, 0.3) is 0 Å². The molecule has 0 aromatic rings. The Morgan fingerprint density at radius 1 is 0.981 bits per heavy atom. The highest BCUT2D eigenvalue weighted by molar-refractivity contribution is 5.81. The van der Waals surface area contributed by atoms with Crippen molar-refractivity contribution < 1.29 is 62.8 Å². The maximum atomic E-state index is 14.3. The van der Waals surface area contributed by atoms with Crippen LogP contribution in [0.2, 0.25) is 0 Å². The lowest BCUT2D eigenvalue weighted by atomic mass is 9.79. The molecule has 4 heterocycles. The number of rotatable bonds is 8. The number of aliphatic imine (C=N–C) groups is 1. The predicted molar refractivity (Wildman–Crippen MR) is 197 cm³/mol. The van der Waals surface area contributed by atoms with Gasteiger partial charge >= 0.3 is 11.9 Å². The van der Waals surface area contributed by atoms with Crippen molar-refractivity contribution in [3.05, 3.63) is 0 Å². The van der Waals surface area contributed by atoms with Crippen molar-refractivity contribution >= 4 is 17.8 Å². The summed E-state index contributed by atoms with van der Waals surface area (Å²) in [4.78, 5) is 33.5. The third-order valence-corrected chi connectivity index (χ3v) is 12.2. The zero-order valence-corrected chi connectivity index (χ0v) is 34.8. The number of esters is 2. The number of likely N-dealkylation sites (N-methyl/N-ethyl adjacent to an activating group) is 1. The van der Waals surface area contributed by atoms with Crippen LogP contribution >= 0.6 is 0 Å². The average Bonchev–Trinajstić information content (AvgIpc) is 3.38. The Morgan fingerprint density at radius 2 is 1.63 bits per heavy atom. The summed E-state index contributed by atoms with van der Waals surface area (Å²) >= 11 is 0. The summed E-state index contributed by atoms with van der Waals surface area (Å²) in [6.07, 6.45) is -7.62. The number of nitrogens with zero attached hydrogens (tertiary/aromatic N) is 2. The molecule has 3 fully saturated rings. The fraction of sp³-hybridized carbons (Fsp3) is 0.923. The van der Waals surface area contributed by atoms with E-state index in [4.69, 9.17) is 42.9 Å². The Balaban J connectivity index is 1.89. The topological polar surface area (TPSA) is 184 Å². The largest absolute Gasteiger partial charge is 0.472 e. The van der Waals surface area contributed by atoms with Gasteiger partial charge in [0.05, 0.1) is 41.9 Å². The van der Waals surface area contributed by atoms with E-state index < -0.39 is 102 Å². The molecule has 15 nitrogen and oxygen atoms in total. The Bertz CT molecular complexity index is 1330. The quantitative estimate of drug-likeness (QED) is 0.306. The molecular weight excluding hydrogens is 704 g/mol. The van der Waals surface area contributed by atoms with Gasteiger partial charge in [0.2, 0.25) is 0 Å². The lowest BCUT2D eigenvalue weighted by Gasteiger charge is -2.49. The van der Waals surface area contributed by atoms with Crippen LogP contribution in [0.15, 0.2) is 4.99 Å². The van der Waals surface area contributed by atoms with Crippen molar-refractivity contribution in [1.29, 1.82) is 0 Å². The number of aliphatic hydroxyl groups is 3. The summed E-state index contributed by atoms with van der Waals surface area (Å²) in [6, 6.07) is -1.06. The number of fused-ring (bicyclic) bond motifs is 2. The fourth-order valence-corrected chi connectivity index (χ4v) is 8.92. The van der Waals surface area contributed by atoms with Gasteiger partial charge in [0.25, 0.3) is 0 Å². The zero-order chi connectivity index (χ0) is 40.7. The molecule has 0 saturated carbocycles.